The SMILES string of the molecule is O=C1NC(=S)N(c2ccc(C(=O)O)cc2)C(=O)/C1=C/c1cccn1-c1ccc(C(=O)O)cc1. The maximum absolute atomic E-state index is 13.2. The topological polar surface area (TPSA) is 129 Å². The van der Waals surface area contributed by atoms with Crippen LogP contribution in [0.4, 0.5) is 5.69 Å². The fourth-order valence-corrected chi connectivity index (χ4v) is 3.59. The molecule has 2 heterocycles. The first-order valence-electron chi connectivity index (χ1n) is 9.52. The lowest BCUT2D eigenvalue weighted by Gasteiger charge is -2.29. The number of aromatic nitrogens is 1. The smallest absolute Gasteiger partial charge is 0.335 e. The maximum atomic E-state index is 13.2. The highest BCUT2D eigenvalue weighted by Crippen LogP contribution is 2.24. The van der Waals surface area contributed by atoms with E-state index in [1.807, 2.05) is 0 Å². The number of nitrogens with one attached hydrogen (secondary N) is 1. The lowest BCUT2D eigenvalue weighted by Crippen LogP contribution is -2.54. The Hall–Kier alpha value is -4.57. The van der Waals surface area contributed by atoms with Crippen LogP contribution < -0.4 is 10.2 Å². The van der Waals surface area contributed by atoms with Gasteiger partial charge in [-0.3, -0.25) is 19.8 Å². The summed E-state index contributed by atoms with van der Waals surface area (Å²) in [5.41, 5.74) is 1.45. The Morgan fingerprint density at radius 3 is 1.94 bits per heavy atom. The summed E-state index contributed by atoms with van der Waals surface area (Å²) in [7, 11) is 0. The minimum absolute atomic E-state index is 0.0423. The van der Waals surface area contributed by atoms with Gasteiger partial charge in [0, 0.05) is 17.6 Å². The lowest BCUT2D eigenvalue weighted by atomic mass is 10.1. The van der Waals surface area contributed by atoms with E-state index in [1.165, 1.54) is 42.5 Å². The molecule has 1 fully saturated rings. The fourth-order valence-electron chi connectivity index (χ4n) is 3.30. The molecule has 0 atom stereocenters. The van der Waals surface area contributed by atoms with Crippen molar-refractivity contribution in [2.24, 2.45) is 0 Å². The van der Waals surface area contributed by atoms with Gasteiger partial charge < -0.3 is 14.8 Å². The normalized spacial score (nSPS) is 15.0. The molecule has 164 valence electrons. The monoisotopic (exact) mass is 461 g/mol. The molecule has 1 aliphatic heterocycles. The molecule has 0 aliphatic carbocycles. The van der Waals surface area contributed by atoms with Crippen LogP contribution in [-0.4, -0.2) is 43.6 Å². The Morgan fingerprint density at radius 2 is 1.39 bits per heavy atom. The van der Waals surface area contributed by atoms with E-state index in [1.54, 1.807) is 35.0 Å². The summed E-state index contributed by atoms with van der Waals surface area (Å²) in [5, 5.41) is 20.5. The predicted molar refractivity (Wildman–Crippen MR) is 122 cm³/mol. The zero-order valence-corrected chi connectivity index (χ0v) is 17.6. The van der Waals surface area contributed by atoms with Crippen LogP contribution in [0, 0.1) is 0 Å². The molecule has 0 radical (unpaired) electrons. The molecule has 10 heteroatoms. The number of carboxylic acids is 2. The molecule has 3 aromatic rings. The molecule has 33 heavy (non-hydrogen) atoms. The number of rotatable bonds is 5. The van der Waals surface area contributed by atoms with Crippen LogP contribution in [0.5, 0.6) is 0 Å². The maximum Gasteiger partial charge on any atom is 0.335 e. The largest absolute Gasteiger partial charge is 0.478 e. The molecule has 9 nitrogen and oxygen atoms in total. The van der Waals surface area contributed by atoms with Gasteiger partial charge in [0.1, 0.15) is 5.57 Å². The van der Waals surface area contributed by atoms with Crippen LogP contribution in [0.3, 0.4) is 0 Å². The number of hydrogen-bond acceptors (Lipinski definition) is 5. The van der Waals surface area contributed by atoms with Gasteiger partial charge in [0.25, 0.3) is 11.8 Å². The zero-order chi connectivity index (χ0) is 23.7. The second kappa shape index (κ2) is 8.52. The Balaban J connectivity index is 1.69. The van der Waals surface area contributed by atoms with Crippen molar-refractivity contribution in [2.75, 3.05) is 4.90 Å². The van der Waals surface area contributed by atoms with Crippen molar-refractivity contribution in [1.82, 2.24) is 9.88 Å². The Morgan fingerprint density at radius 1 is 0.848 bits per heavy atom. The van der Waals surface area contributed by atoms with E-state index in [-0.39, 0.29) is 21.8 Å². The molecule has 4 rings (SSSR count). The second-order valence-electron chi connectivity index (χ2n) is 6.96. The van der Waals surface area contributed by atoms with Crippen LogP contribution in [0.2, 0.25) is 0 Å². The third kappa shape index (κ3) is 4.14. The Bertz CT molecular complexity index is 1340. The Kier molecular flexibility index (Phi) is 5.59. The number of thiocarbonyl (C=S) groups is 1. The van der Waals surface area contributed by atoms with Gasteiger partial charge in [-0.25, -0.2) is 9.59 Å². The summed E-state index contributed by atoms with van der Waals surface area (Å²) >= 11 is 5.16. The van der Waals surface area contributed by atoms with Gasteiger partial charge >= 0.3 is 11.9 Å². The third-order valence-corrected chi connectivity index (χ3v) is 5.22. The molecular weight excluding hydrogens is 446 g/mol. The van der Waals surface area contributed by atoms with E-state index < -0.39 is 23.8 Å². The lowest BCUT2D eigenvalue weighted by molar-refractivity contribution is -0.122. The molecule has 0 spiro atoms. The molecule has 1 aliphatic rings. The van der Waals surface area contributed by atoms with Crippen molar-refractivity contribution in [3.05, 3.63) is 89.3 Å². The van der Waals surface area contributed by atoms with Gasteiger partial charge in [0.2, 0.25) is 0 Å². The molecule has 0 saturated carbocycles. The van der Waals surface area contributed by atoms with E-state index in [0.717, 1.165) is 4.90 Å². The van der Waals surface area contributed by atoms with Crippen molar-refractivity contribution >= 4 is 52.8 Å². The molecule has 2 amide bonds. The van der Waals surface area contributed by atoms with Crippen LogP contribution in [0.15, 0.2) is 72.4 Å². The highest BCUT2D eigenvalue weighted by molar-refractivity contribution is 7.80. The van der Waals surface area contributed by atoms with Gasteiger partial charge in [-0.15, -0.1) is 0 Å². The number of nitrogens with zero attached hydrogens (tertiary/aromatic N) is 2. The van der Waals surface area contributed by atoms with Gasteiger partial charge in [0.05, 0.1) is 16.8 Å². The number of amides is 2. The summed E-state index contributed by atoms with van der Waals surface area (Å²) in [6.07, 6.45) is 3.11. The number of aromatic carboxylic acids is 2. The molecule has 1 saturated heterocycles. The number of carbonyl (C=O) groups is 4. The molecule has 3 N–H and O–H groups in total. The van der Waals surface area contributed by atoms with Gasteiger partial charge in [-0.2, -0.15) is 0 Å². The van der Waals surface area contributed by atoms with Crippen molar-refractivity contribution < 1.29 is 29.4 Å². The number of hydrogen-bond donors (Lipinski definition) is 3. The molecule has 1 aromatic heterocycles. The van der Waals surface area contributed by atoms with Crippen molar-refractivity contribution in [1.29, 1.82) is 0 Å². The summed E-state index contributed by atoms with van der Waals surface area (Å²) in [5.74, 6) is -3.49. The van der Waals surface area contributed by atoms with Crippen molar-refractivity contribution in [3.63, 3.8) is 0 Å². The third-order valence-electron chi connectivity index (χ3n) is 4.94. The molecule has 0 bridgehead atoms. The van der Waals surface area contributed by atoms with Crippen LogP contribution in [-0.2, 0) is 9.59 Å². The fraction of sp³-hybridized carbons (Fsp3) is 0. The summed E-state index contributed by atoms with van der Waals surface area (Å²) in [6.45, 7) is 0. The zero-order valence-electron chi connectivity index (χ0n) is 16.8. The van der Waals surface area contributed by atoms with E-state index in [9.17, 15) is 19.2 Å². The van der Waals surface area contributed by atoms with E-state index in [4.69, 9.17) is 22.4 Å². The van der Waals surface area contributed by atoms with Crippen LogP contribution >= 0.6 is 12.2 Å². The summed E-state index contributed by atoms with van der Waals surface area (Å²) in [6, 6.07) is 15.1. The van der Waals surface area contributed by atoms with Gasteiger partial charge in [0.15, 0.2) is 5.11 Å². The highest BCUT2D eigenvalue weighted by Gasteiger charge is 2.34. The number of benzene rings is 2. The molecule has 0 unspecified atom stereocenters. The number of carboxylic acid groups (broad SMARTS) is 2. The first-order chi connectivity index (χ1) is 15.8. The summed E-state index contributed by atoms with van der Waals surface area (Å²) < 4.78 is 1.69. The number of anilines is 1. The Labute approximate surface area is 192 Å². The van der Waals surface area contributed by atoms with E-state index >= 15 is 0 Å². The van der Waals surface area contributed by atoms with Gasteiger partial charge in [-0.1, -0.05) is 0 Å². The highest BCUT2D eigenvalue weighted by atomic mass is 32.1. The van der Waals surface area contributed by atoms with Crippen LogP contribution in [0.1, 0.15) is 26.4 Å². The van der Waals surface area contributed by atoms with Crippen molar-refractivity contribution in [2.45, 2.75) is 0 Å². The molecule has 2 aromatic carbocycles. The first kappa shape index (κ1) is 21.7. The van der Waals surface area contributed by atoms with E-state index in [2.05, 4.69) is 5.32 Å². The minimum atomic E-state index is -1.11. The van der Waals surface area contributed by atoms with Crippen LogP contribution in [0.25, 0.3) is 11.8 Å². The second-order valence-corrected chi connectivity index (χ2v) is 7.35. The van der Waals surface area contributed by atoms with E-state index in [0.29, 0.717) is 17.1 Å². The van der Waals surface area contributed by atoms with Crippen molar-refractivity contribution in [3.8, 4) is 5.69 Å². The predicted octanol–water partition coefficient (Wildman–Crippen LogP) is 2.71. The average molecular weight is 461 g/mol. The number of carbonyl (C=O) groups excluding carboxylic acids is 2. The standard InChI is InChI=1S/C23H15N3O6S/c27-19-18(12-17-2-1-11-25(17)15-7-3-13(4-8-15)21(29)30)20(28)26(23(33)24-19)16-9-5-14(6-10-16)22(31)32/h1-12H,(H,29,30)(H,31,32)(H,24,27,33)/b18-12+. The summed E-state index contributed by atoms with van der Waals surface area (Å²) in [4.78, 5) is 49.0. The van der Waals surface area contributed by atoms with Gasteiger partial charge in [-0.05, 0) is 79.0 Å². The average Bonchev–Trinajstić information content (AvgIpc) is 3.25. The molecular formula is C23H15N3O6S. The first-order valence-corrected chi connectivity index (χ1v) is 9.93. The minimum Gasteiger partial charge on any atom is -0.478 e. The quantitative estimate of drug-likeness (QED) is 0.303.